The average Bonchev–Trinajstić information content (AvgIpc) is 2.59. The fourth-order valence-corrected chi connectivity index (χ4v) is 1.75. The van der Waals surface area contributed by atoms with Gasteiger partial charge in [-0.15, -0.1) is 0 Å². The van der Waals surface area contributed by atoms with Crippen molar-refractivity contribution in [2.45, 2.75) is 0 Å². The van der Waals surface area contributed by atoms with Crippen molar-refractivity contribution >= 4 is 28.7 Å². The Morgan fingerprint density at radius 1 is 1.20 bits per heavy atom. The highest BCUT2D eigenvalue weighted by atomic mass is 32.1. The molecule has 0 fully saturated rings. The summed E-state index contributed by atoms with van der Waals surface area (Å²) in [5.74, 6) is 0. The van der Waals surface area contributed by atoms with Crippen molar-refractivity contribution in [1.29, 1.82) is 0 Å². The molecule has 0 aliphatic carbocycles. The SMILES string of the molecule is O=c1[nH][n+]2[nH]c(=S)oc2c2ccccc12. The molecule has 0 aliphatic rings. The lowest BCUT2D eigenvalue weighted by molar-refractivity contribution is -0.643. The van der Waals surface area contributed by atoms with E-state index in [9.17, 15) is 4.79 Å². The highest BCUT2D eigenvalue weighted by molar-refractivity contribution is 7.71. The van der Waals surface area contributed by atoms with E-state index >= 15 is 0 Å². The minimum absolute atomic E-state index is 0.185. The zero-order valence-corrected chi connectivity index (χ0v) is 8.30. The van der Waals surface area contributed by atoms with E-state index < -0.39 is 0 Å². The van der Waals surface area contributed by atoms with Crippen molar-refractivity contribution in [3.63, 3.8) is 0 Å². The predicted molar refractivity (Wildman–Crippen MR) is 55.2 cm³/mol. The number of nitrogens with zero attached hydrogens (tertiary/aromatic N) is 1. The number of benzene rings is 1. The van der Waals surface area contributed by atoms with Gasteiger partial charge in [0.25, 0.3) is 0 Å². The Labute approximate surface area is 87.9 Å². The Morgan fingerprint density at radius 3 is 2.73 bits per heavy atom. The number of rotatable bonds is 0. The second-order valence-electron chi connectivity index (χ2n) is 3.13. The molecule has 0 saturated heterocycles. The number of hydrogen-bond acceptors (Lipinski definition) is 3. The van der Waals surface area contributed by atoms with E-state index in [1.54, 1.807) is 12.1 Å². The molecule has 0 radical (unpaired) electrons. The molecule has 15 heavy (non-hydrogen) atoms. The van der Waals surface area contributed by atoms with E-state index in [0.29, 0.717) is 11.1 Å². The molecule has 0 bridgehead atoms. The van der Waals surface area contributed by atoms with Crippen LogP contribution in [0.5, 0.6) is 0 Å². The number of H-pyrrole nitrogens is 2. The second-order valence-corrected chi connectivity index (χ2v) is 3.50. The molecule has 5 nitrogen and oxygen atoms in total. The van der Waals surface area contributed by atoms with E-state index in [2.05, 4.69) is 10.2 Å². The summed E-state index contributed by atoms with van der Waals surface area (Å²) >= 11 is 4.85. The largest absolute Gasteiger partial charge is 0.437 e. The van der Waals surface area contributed by atoms with Crippen molar-refractivity contribution in [3.05, 3.63) is 39.5 Å². The van der Waals surface area contributed by atoms with Crippen LogP contribution in [-0.2, 0) is 0 Å². The maximum Gasteiger partial charge on any atom is 0.437 e. The van der Waals surface area contributed by atoms with Crippen molar-refractivity contribution in [3.8, 4) is 0 Å². The van der Waals surface area contributed by atoms with E-state index in [4.69, 9.17) is 16.6 Å². The maximum atomic E-state index is 11.6. The third kappa shape index (κ3) is 1.11. The third-order valence-corrected chi connectivity index (χ3v) is 2.39. The molecule has 3 aromatic rings. The lowest BCUT2D eigenvalue weighted by Gasteiger charge is -1.89. The van der Waals surface area contributed by atoms with Crippen LogP contribution in [0, 0.1) is 4.84 Å². The highest BCUT2D eigenvalue weighted by Crippen LogP contribution is 2.11. The zero-order valence-electron chi connectivity index (χ0n) is 7.48. The molecule has 2 aromatic heterocycles. The summed E-state index contributed by atoms with van der Waals surface area (Å²) in [5.41, 5.74) is 0.324. The summed E-state index contributed by atoms with van der Waals surface area (Å²) in [6, 6.07) is 7.19. The summed E-state index contributed by atoms with van der Waals surface area (Å²) in [6.45, 7) is 0. The summed E-state index contributed by atoms with van der Waals surface area (Å²) in [5, 5.41) is 6.61. The third-order valence-electron chi connectivity index (χ3n) is 2.21. The van der Waals surface area contributed by atoms with Crippen LogP contribution in [0.3, 0.4) is 0 Å². The first kappa shape index (κ1) is 8.37. The maximum absolute atomic E-state index is 11.6. The molecule has 2 heterocycles. The van der Waals surface area contributed by atoms with Gasteiger partial charge in [0, 0.05) is 0 Å². The van der Waals surface area contributed by atoms with Crippen LogP contribution < -0.4 is 10.2 Å². The highest BCUT2D eigenvalue weighted by Gasteiger charge is 2.15. The van der Waals surface area contributed by atoms with Crippen LogP contribution in [0.1, 0.15) is 0 Å². The first-order valence-electron chi connectivity index (χ1n) is 4.31. The van der Waals surface area contributed by atoms with Gasteiger partial charge in [0.15, 0.2) is 0 Å². The van der Waals surface area contributed by atoms with Crippen molar-refractivity contribution in [1.82, 2.24) is 10.2 Å². The summed E-state index contributed by atoms with van der Waals surface area (Å²) < 4.78 is 6.67. The van der Waals surface area contributed by atoms with Crippen molar-refractivity contribution in [2.24, 2.45) is 0 Å². The average molecular weight is 220 g/mol. The fraction of sp³-hybridized carbons (Fsp3) is 0. The minimum atomic E-state index is -0.185. The van der Waals surface area contributed by atoms with Crippen LogP contribution in [0.2, 0.25) is 0 Å². The number of hydrogen-bond donors (Lipinski definition) is 2. The van der Waals surface area contributed by atoms with E-state index in [-0.39, 0.29) is 10.4 Å². The Bertz CT molecular complexity index is 768. The standard InChI is InChI=1S/C9H5N3O2S/c13-7-5-3-1-2-4-6(5)8-12(10-7)11-9(15)14-8/h1-4H,(H-,10,11,13,15)/p+1. The molecular weight excluding hydrogens is 214 g/mol. The molecule has 3 rings (SSSR count). The topological polar surface area (TPSA) is 65.9 Å². The zero-order chi connectivity index (χ0) is 10.4. The van der Waals surface area contributed by atoms with Gasteiger partial charge in [0.2, 0.25) is 0 Å². The van der Waals surface area contributed by atoms with E-state index in [1.165, 1.54) is 4.63 Å². The van der Waals surface area contributed by atoms with Crippen LogP contribution in [0.25, 0.3) is 16.5 Å². The molecule has 0 unspecified atom stereocenters. The molecule has 0 spiro atoms. The minimum Gasteiger partial charge on any atom is -0.369 e. The van der Waals surface area contributed by atoms with Crippen LogP contribution >= 0.6 is 12.2 Å². The Hall–Kier alpha value is -1.95. The van der Waals surface area contributed by atoms with Gasteiger partial charge >= 0.3 is 16.1 Å². The molecule has 6 heteroatoms. The van der Waals surface area contributed by atoms with E-state index in [1.807, 2.05) is 12.1 Å². The van der Waals surface area contributed by atoms with Gasteiger partial charge in [0.05, 0.1) is 10.0 Å². The summed E-state index contributed by atoms with van der Waals surface area (Å²) in [4.78, 5) is 11.9. The molecule has 74 valence electrons. The normalized spacial score (nSPS) is 11.2. The van der Waals surface area contributed by atoms with Crippen molar-refractivity contribution in [2.75, 3.05) is 0 Å². The van der Waals surface area contributed by atoms with Gasteiger partial charge in [-0.05, 0) is 24.4 Å². The summed E-state index contributed by atoms with van der Waals surface area (Å²) in [7, 11) is 0. The molecule has 0 aliphatic heterocycles. The molecule has 1 aromatic carbocycles. The van der Waals surface area contributed by atoms with Gasteiger partial charge in [-0.3, -0.25) is 4.79 Å². The number of fused-ring (bicyclic) bond motifs is 3. The Morgan fingerprint density at radius 2 is 1.93 bits per heavy atom. The summed E-state index contributed by atoms with van der Waals surface area (Å²) in [6.07, 6.45) is 0. The monoisotopic (exact) mass is 220 g/mol. The van der Waals surface area contributed by atoms with Crippen LogP contribution in [0.4, 0.5) is 0 Å². The first-order valence-corrected chi connectivity index (χ1v) is 4.72. The van der Waals surface area contributed by atoms with Crippen molar-refractivity contribution < 1.29 is 9.05 Å². The molecule has 0 atom stereocenters. The quantitative estimate of drug-likeness (QED) is 0.437. The van der Waals surface area contributed by atoms with Crippen LogP contribution in [0.15, 0.2) is 33.5 Å². The second kappa shape index (κ2) is 2.77. The van der Waals surface area contributed by atoms with Gasteiger partial charge in [-0.25, -0.2) is 0 Å². The van der Waals surface area contributed by atoms with Gasteiger partial charge in [0.1, 0.15) is 5.39 Å². The number of aromatic amines is 2. The fourth-order valence-electron chi connectivity index (χ4n) is 1.58. The van der Waals surface area contributed by atoms with Gasteiger partial charge in [-0.2, -0.15) is 0 Å². The van der Waals surface area contributed by atoms with Gasteiger partial charge < -0.3 is 4.42 Å². The lowest BCUT2D eigenvalue weighted by Crippen LogP contribution is -2.34. The smallest absolute Gasteiger partial charge is 0.369 e. The number of aromatic nitrogens is 3. The number of nitrogens with one attached hydrogen (secondary N) is 2. The van der Waals surface area contributed by atoms with E-state index in [0.717, 1.165) is 5.39 Å². The molecule has 0 saturated carbocycles. The Kier molecular flexibility index (Phi) is 1.54. The molecular formula is C9H6N3O2S+. The van der Waals surface area contributed by atoms with Gasteiger partial charge in [-0.1, -0.05) is 22.3 Å². The first-order chi connectivity index (χ1) is 7.25. The molecule has 2 N–H and O–H groups in total. The van der Waals surface area contributed by atoms with Crippen LogP contribution in [-0.4, -0.2) is 10.2 Å². The predicted octanol–water partition coefficient (Wildman–Crippen LogP) is 0.917. The molecule has 0 amide bonds. The Balaban J connectivity index is 2.75. The lowest BCUT2D eigenvalue weighted by atomic mass is 10.2.